The highest BCUT2D eigenvalue weighted by Crippen LogP contribution is 2.28. The van der Waals surface area contributed by atoms with Crippen molar-refractivity contribution in [1.82, 2.24) is 25.8 Å². The zero-order valence-corrected chi connectivity index (χ0v) is 17.4. The number of halogens is 1. The Balaban J connectivity index is 1.28. The molecule has 0 saturated carbocycles. The summed E-state index contributed by atoms with van der Waals surface area (Å²) in [4.78, 5) is 41.6. The Bertz CT molecular complexity index is 1270. The van der Waals surface area contributed by atoms with E-state index in [-0.39, 0.29) is 18.4 Å². The summed E-state index contributed by atoms with van der Waals surface area (Å²) in [7, 11) is 0. The maximum atomic E-state index is 13.7. The first kappa shape index (κ1) is 20.0. The molecule has 1 aromatic heterocycles. The van der Waals surface area contributed by atoms with E-state index >= 15 is 0 Å². The van der Waals surface area contributed by atoms with E-state index in [9.17, 15) is 18.8 Å². The van der Waals surface area contributed by atoms with Crippen LogP contribution >= 0.6 is 0 Å². The van der Waals surface area contributed by atoms with Gasteiger partial charge in [0.1, 0.15) is 11.4 Å². The van der Waals surface area contributed by atoms with Gasteiger partial charge in [-0.05, 0) is 36.2 Å². The molecule has 0 spiro atoms. The molecular formula is C23H22FN5O3. The van der Waals surface area contributed by atoms with Gasteiger partial charge >= 0.3 is 12.1 Å². The third kappa shape index (κ3) is 3.35. The molecule has 1 saturated heterocycles. The molecule has 0 bridgehead atoms. The number of fused-ring (bicyclic) bond motifs is 3. The van der Waals surface area contributed by atoms with E-state index in [1.54, 1.807) is 36.1 Å². The van der Waals surface area contributed by atoms with Crippen molar-refractivity contribution in [3.8, 4) is 0 Å². The molecule has 0 aliphatic carbocycles. The highest BCUT2D eigenvalue weighted by atomic mass is 19.1. The van der Waals surface area contributed by atoms with E-state index in [2.05, 4.69) is 20.9 Å². The van der Waals surface area contributed by atoms with E-state index in [0.29, 0.717) is 25.1 Å². The summed E-state index contributed by atoms with van der Waals surface area (Å²) in [6.45, 7) is 2.86. The van der Waals surface area contributed by atoms with Crippen LogP contribution in [0.5, 0.6) is 0 Å². The van der Waals surface area contributed by atoms with Gasteiger partial charge in [0.15, 0.2) is 0 Å². The molecule has 8 nitrogen and oxygen atoms in total. The quantitative estimate of drug-likeness (QED) is 0.475. The molecule has 3 aromatic rings. The minimum Gasteiger partial charge on any atom is -0.358 e. The number of amides is 5. The molecule has 1 fully saturated rings. The SMILES string of the molecule is CC1(c2cccc(CNC(=O)N3CCc4[nH]c5ccc(F)cc5c4C3)c2)NC(=O)NC1=O. The van der Waals surface area contributed by atoms with Crippen molar-refractivity contribution in [2.75, 3.05) is 6.54 Å². The Morgan fingerprint density at radius 1 is 1.22 bits per heavy atom. The van der Waals surface area contributed by atoms with Crippen LogP contribution in [0, 0.1) is 5.82 Å². The number of nitrogens with zero attached hydrogens (tertiary/aromatic N) is 1. The number of aromatic amines is 1. The third-order valence-corrected chi connectivity index (χ3v) is 6.22. The van der Waals surface area contributed by atoms with Crippen LogP contribution in [0.1, 0.15) is 29.3 Å². The van der Waals surface area contributed by atoms with Crippen LogP contribution < -0.4 is 16.0 Å². The average Bonchev–Trinajstić information content (AvgIpc) is 3.27. The van der Waals surface area contributed by atoms with Crippen molar-refractivity contribution in [1.29, 1.82) is 0 Å². The molecule has 0 radical (unpaired) electrons. The second-order valence-electron chi connectivity index (χ2n) is 8.34. The maximum Gasteiger partial charge on any atom is 0.322 e. The Morgan fingerprint density at radius 2 is 2.06 bits per heavy atom. The first-order chi connectivity index (χ1) is 15.3. The van der Waals surface area contributed by atoms with Gasteiger partial charge in [-0.2, -0.15) is 0 Å². The number of rotatable bonds is 3. The molecule has 4 N–H and O–H groups in total. The van der Waals surface area contributed by atoms with Crippen LogP contribution in [0.4, 0.5) is 14.0 Å². The number of carbonyl (C=O) groups is 3. The number of hydrogen-bond acceptors (Lipinski definition) is 3. The summed E-state index contributed by atoms with van der Waals surface area (Å²) in [5, 5.41) is 8.61. The van der Waals surface area contributed by atoms with Gasteiger partial charge in [0.05, 0.1) is 0 Å². The minimum atomic E-state index is -1.15. The highest BCUT2D eigenvalue weighted by molar-refractivity contribution is 6.07. The fourth-order valence-electron chi connectivity index (χ4n) is 4.39. The van der Waals surface area contributed by atoms with E-state index in [0.717, 1.165) is 27.7 Å². The largest absolute Gasteiger partial charge is 0.358 e. The van der Waals surface area contributed by atoms with Crippen molar-refractivity contribution >= 4 is 28.9 Å². The zero-order chi connectivity index (χ0) is 22.5. The fraction of sp³-hybridized carbons (Fsp3) is 0.261. The second-order valence-corrected chi connectivity index (χ2v) is 8.34. The number of H-pyrrole nitrogens is 1. The predicted molar refractivity (Wildman–Crippen MR) is 115 cm³/mol. The van der Waals surface area contributed by atoms with Crippen LogP contribution in [0.3, 0.4) is 0 Å². The lowest BCUT2D eigenvalue weighted by Crippen LogP contribution is -2.42. The molecule has 9 heteroatoms. The van der Waals surface area contributed by atoms with Crippen molar-refractivity contribution in [3.63, 3.8) is 0 Å². The Labute approximate surface area is 183 Å². The van der Waals surface area contributed by atoms with Crippen molar-refractivity contribution in [2.24, 2.45) is 0 Å². The van der Waals surface area contributed by atoms with E-state index in [1.807, 2.05) is 6.07 Å². The lowest BCUT2D eigenvalue weighted by atomic mass is 9.91. The third-order valence-electron chi connectivity index (χ3n) is 6.22. The fourth-order valence-corrected chi connectivity index (χ4v) is 4.39. The number of benzene rings is 2. The summed E-state index contributed by atoms with van der Waals surface area (Å²) in [6.07, 6.45) is 0.668. The molecule has 3 heterocycles. The van der Waals surface area contributed by atoms with E-state index < -0.39 is 17.5 Å². The Morgan fingerprint density at radius 3 is 2.84 bits per heavy atom. The average molecular weight is 435 g/mol. The number of urea groups is 2. The maximum absolute atomic E-state index is 13.7. The predicted octanol–water partition coefficient (Wildman–Crippen LogP) is 2.63. The Hall–Kier alpha value is -3.88. The molecule has 5 amide bonds. The first-order valence-corrected chi connectivity index (χ1v) is 10.4. The van der Waals surface area contributed by atoms with Gasteiger partial charge in [-0.1, -0.05) is 24.3 Å². The Kier molecular flexibility index (Phi) is 4.61. The van der Waals surface area contributed by atoms with Gasteiger partial charge in [0, 0.05) is 48.2 Å². The van der Waals surface area contributed by atoms with Crippen molar-refractivity contribution in [2.45, 2.75) is 32.0 Å². The molecule has 5 rings (SSSR count). The molecule has 2 aliphatic heterocycles. The highest BCUT2D eigenvalue weighted by Gasteiger charge is 2.43. The van der Waals surface area contributed by atoms with E-state index in [1.165, 1.54) is 12.1 Å². The molecule has 1 atom stereocenters. The molecule has 2 aromatic carbocycles. The van der Waals surface area contributed by atoms with E-state index in [4.69, 9.17) is 0 Å². The number of aromatic nitrogens is 1. The molecule has 32 heavy (non-hydrogen) atoms. The van der Waals surface area contributed by atoms with Crippen LogP contribution in [0.15, 0.2) is 42.5 Å². The summed E-state index contributed by atoms with van der Waals surface area (Å²) < 4.78 is 13.7. The summed E-state index contributed by atoms with van der Waals surface area (Å²) in [6, 6.07) is 11.1. The topological polar surface area (TPSA) is 106 Å². The van der Waals surface area contributed by atoms with Gasteiger partial charge in [-0.3, -0.25) is 10.1 Å². The zero-order valence-electron chi connectivity index (χ0n) is 17.4. The van der Waals surface area contributed by atoms with Crippen LogP contribution in [0.2, 0.25) is 0 Å². The summed E-state index contributed by atoms with van der Waals surface area (Å²) >= 11 is 0. The first-order valence-electron chi connectivity index (χ1n) is 10.4. The van der Waals surface area contributed by atoms with Crippen LogP contribution in [-0.2, 0) is 29.8 Å². The van der Waals surface area contributed by atoms with Crippen LogP contribution in [0.25, 0.3) is 10.9 Å². The standard InChI is InChI=1S/C23H22FN5O3/c1-23(20(30)27-21(31)28-23)14-4-2-3-13(9-14)11-25-22(32)29-8-7-19-17(12-29)16-10-15(24)5-6-18(16)26-19/h2-6,9-10,26H,7-8,11-12H2,1H3,(H,25,32)(H2,27,28,30,31). The number of imide groups is 1. The number of hydrogen-bond donors (Lipinski definition) is 4. The summed E-state index contributed by atoms with van der Waals surface area (Å²) in [5.74, 6) is -0.718. The molecule has 1 unspecified atom stereocenters. The van der Waals surface area contributed by atoms with Gasteiger partial charge in [-0.15, -0.1) is 0 Å². The number of nitrogens with one attached hydrogen (secondary N) is 4. The molecule has 2 aliphatic rings. The lowest BCUT2D eigenvalue weighted by Gasteiger charge is -2.27. The molecule has 164 valence electrons. The summed E-state index contributed by atoms with van der Waals surface area (Å²) in [5.41, 5.74) is 3.14. The molecular weight excluding hydrogens is 413 g/mol. The number of carbonyl (C=O) groups excluding carboxylic acids is 3. The smallest absolute Gasteiger partial charge is 0.322 e. The van der Waals surface area contributed by atoms with Gasteiger partial charge in [-0.25, -0.2) is 14.0 Å². The second kappa shape index (κ2) is 7.37. The van der Waals surface area contributed by atoms with Crippen molar-refractivity contribution in [3.05, 3.63) is 70.7 Å². The van der Waals surface area contributed by atoms with Crippen LogP contribution in [-0.4, -0.2) is 34.4 Å². The normalized spacial score (nSPS) is 20.1. The van der Waals surface area contributed by atoms with Gasteiger partial charge < -0.3 is 20.5 Å². The van der Waals surface area contributed by atoms with Gasteiger partial charge in [0.2, 0.25) is 0 Å². The van der Waals surface area contributed by atoms with Crippen molar-refractivity contribution < 1.29 is 18.8 Å². The minimum absolute atomic E-state index is 0.218. The lowest BCUT2D eigenvalue weighted by molar-refractivity contribution is -0.123. The van der Waals surface area contributed by atoms with Gasteiger partial charge in [0.25, 0.3) is 5.91 Å². The monoisotopic (exact) mass is 435 g/mol.